The molecule has 2 heterocycles. The number of rotatable bonds is 7. The van der Waals surface area contributed by atoms with E-state index >= 15 is 0 Å². The van der Waals surface area contributed by atoms with E-state index in [4.69, 9.17) is 23.7 Å². The number of carbonyl (C=O) groups is 2. The summed E-state index contributed by atoms with van der Waals surface area (Å²) in [6.45, 7) is 0.706. The maximum absolute atomic E-state index is 13.1. The molecule has 12 nitrogen and oxygen atoms in total. The molecule has 5 aliphatic rings. The van der Waals surface area contributed by atoms with Crippen molar-refractivity contribution in [3.05, 3.63) is 29.8 Å². The fourth-order valence-electron chi connectivity index (χ4n) is 6.41. The second kappa shape index (κ2) is 8.71. The number of hydrogen-bond acceptors (Lipinski definition) is 12. The standard InChI is InChI=1S/C24H30O12/c1-22-8-14(27)13-7-24(22,35-20-18(30)17(29)16(28)15(9-25)34-20)23(13,21(32-2)36-22)10-33-19(31)11-3-5-12(26)6-4-11/h3-6,13,15-18,20-21,25-26,28-30H,7-10H2,1-2H3/t13-,15+,16+,17-,18+,20-,21+,22-,23-,24+/m0/s1. The van der Waals surface area contributed by atoms with Gasteiger partial charge < -0.3 is 49.2 Å². The Bertz CT molecular complexity index is 1030. The third-order valence-corrected chi connectivity index (χ3v) is 8.33. The highest BCUT2D eigenvalue weighted by atomic mass is 16.8. The van der Waals surface area contributed by atoms with Crippen LogP contribution in [0.2, 0.25) is 0 Å². The number of ketones is 1. The first-order valence-corrected chi connectivity index (χ1v) is 11.7. The first kappa shape index (κ1) is 25.5. The van der Waals surface area contributed by atoms with Crippen LogP contribution in [-0.2, 0) is 28.5 Å². The van der Waals surface area contributed by atoms with Gasteiger partial charge in [-0.25, -0.2) is 4.79 Å². The summed E-state index contributed by atoms with van der Waals surface area (Å²) in [5, 5.41) is 50.1. The minimum atomic E-state index is -1.67. The Morgan fingerprint density at radius 3 is 2.47 bits per heavy atom. The Hall–Kier alpha value is -2.16. The summed E-state index contributed by atoms with van der Waals surface area (Å²) in [5.74, 6) is -1.48. The molecule has 6 rings (SSSR count). The van der Waals surface area contributed by atoms with E-state index in [2.05, 4.69) is 0 Å². The number of esters is 1. The van der Waals surface area contributed by atoms with Crippen molar-refractivity contribution in [2.45, 2.75) is 68.0 Å². The molecule has 0 amide bonds. The molecule has 2 saturated heterocycles. The second-order valence-electron chi connectivity index (χ2n) is 10.1. The van der Waals surface area contributed by atoms with Gasteiger partial charge in [-0.2, -0.15) is 0 Å². The van der Waals surface area contributed by atoms with E-state index < -0.39 is 72.1 Å². The molecule has 0 radical (unpaired) electrons. The third kappa shape index (κ3) is 3.30. The average molecular weight is 510 g/mol. The lowest BCUT2D eigenvalue weighted by atomic mass is 9.41. The number of aliphatic hydroxyl groups is 4. The summed E-state index contributed by atoms with van der Waals surface area (Å²) in [6, 6.07) is 5.47. The van der Waals surface area contributed by atoms with Crippen LogP contribution in [0, 0.1) is 11.3 Å². The highest BCUT2D eigenvalue weighted by Gasteiger charge is 2.87. The lowest BCUT2D eigenvalue weighted by Gasteiger charge is -2.66. The molecule has 3 aliphatic carbocycles. The van der Waals surface area contributed by atoms with Gasteiger partial charge >= 0.3 is 5.97 Å². The molecule has 4 bridgehead atoms. The Kier molecular flexibility index (Phi) is 6.16. The van der Waals surface area contributed by atoms with Crippen LogP contribution in [0.25, 0.3) is 0 Å². The zero-order chi connectivity index (χ0) is 26.0. The zero-order valence-electron chi connectivity index (χ0n) is 19.8. The number of hydrogen-bond donors (Lipinski definition) is 5. The monoisotopic (exact) mass is 510 g/mol. The number of carbonyl (C=O) groups excluding carboxylic acids is 2. The number of aliphatic hydroxyl groups excluding tert-OH is 4. The molecule has 1 aromatic carbocycles. The topological polar surface area (TPSA) is 181 Å². The van der Waals surface area contributed by atoms with Crippen molar-refractivity contribution in [1.29, 1.82) is 0 Å². The number of ether oxygens (including phenoxy) is 5. The van der Waals surface area contributed by atoms with Crippen LogP contribution in [0.15, 0.2) is 24.3 Å². The molecule has 2 aliphatic heterocycles. The quantitative estimate of drug-likeness (QED) is 0.278. The van der Waals surface area contributed by atoms with Gasteiger partial charge in [0, 0.05) is 19.4 Å². The van der Waals surface area contributed by atoms with Crippen molar-refractivity contribution in [3.8, 4) is 5.75 Å². The van der Waals surface area contributed by atoms with Gasteiger partial charge in [-0.3, -0.25) is 4.79 Å². The van der Waals surface area contributed by atoms with Crippen molar-refractivity contribution in [2.24, 2.45) is 11.3 Å². The summed E-state index contributed by atoms with van der Waals surface area (Å²) in [4.78, 5) is 25.9. The first-order valence-electron chi connectivity index (χ1n) is 11.7. The summed E-state index contributed by atoms with van der Waals surface area (Å²) in [7, 11) is 1.39. The summed E-state index contributed by atoms with van der Waals surface area (Å²) in [5.41, 5.74) is -3.69. The fraction of sp³-hybridized carbons (Fsp3) is 0.667. The summed E-state index contributed by atoms with van der Waals surface area (Å²) in [6.07, 6.45) is -8.46. The number of fused-ring (bicyclic) bond motifs is 1. The van der Waals surface area contributed by atoms with Crippen molar-refractivity contribution in [2.75, 3.05) is 20.3 Å². The lowest BCUT2D eigenvalue weighted by molar-refractivity contribution is -0.381. The van der Waals surface area contributed by atoms with Gasteiger partial charge in [0.1, 0.15) is 53.8 Å². The van der Waals surface area contributed by atoms with Crippen LogP contribution in [0.1, 0.15) is 30.1 Å². The van der Waals surface area contributed by atoms with Crippen LogP contribution in [0.3, 0.4) is 0 Å². The number of phenols is 1. The van der Waals surface area contributed by atoms with Gasteiger partial charge in [-0.05, 0) is 37.6 Å². The third-order valence-electron chi connectivity index (χ3n) is 8.33. The molecule has 1 aromatic rings. The maximum atomic E-state index is 13.1. The van der Waals surface area contributed by atoms with Crippen molar-refractivity contribution < 1.29 is 58.8 Å². The lowest BCUT2D eigenvalue weighted by Crippen LogP contribution is -2.80. The first-order chi connectivity index (χ1) is 17.0. The fourth-order valence-corrected chi connectivity index (χ4v) is 6.41. The van der Waals surface area contributed by atoms with Gasteiger partial charge in [-0.1, -0.05) is 0 Å². The minimum absolute atomic E-state index is 0.0180. The smallest absolute Gasteiger partial charge is 0.338 e. The zero-order valence-corrected chi connectivity index (χ0v) is 19.8. The molecular weight excluding hydrogens is 480 g/mol. The molecule has 198 valence electrons. The van der Waals surface area contributed by atoms with Crippen LogP contribution in [0.4, 0.5) is 0 Å². The number of phenolic OH excluding ortho intramolecular Hbond substituents is 1. The molecule has 12 heteroatoms. The molecule has 36 heavy (non-hydrogen) atoms. The van der Waals surface area contributed by atoms with E-state index in [0.29, 0.717) is 0 Å². The SMILES string of the molecule is CO[C@@H]1O[C@@]2(C)CC(=O)[C@@H]3C[C@]2(O[C@@H]2O[C@H](CO)[C@@H](O)[C@H](O)[C@H]2O)[C@]13COC(=O)c1ccc(O)cc1. The van der Waals surface area contributed by atoms with Crippen molar-refractivity contribution in [1.82, 2.24) is 0 Å². The highest BCUT2D eigenvalue weighted by molar-refractivity contribution is 5.90. The van der Waals surface area contributed by atoms with Crippen LogP contribution < -0.4 is 0 Å². The number of methoxy groups -OCH3 is 1. The van der Waals surface area contributed by atoms with Gasteiger partial charge in [-0.15, -0.1) is 0 Å². The Balaban J connectivity index is 1.48. The molecule has 5 N–H and O–H groups in total. The molecule has 0 aromatic heterocycles. The number of benzene rings is 1. The molecule has 0 spiro atoms. The highest BCUT2D eigenvalue weighted by Crippen LogP contribution is 2.74. The van der Waals surface area contributed by atoms with Crippen LogP contribution in [0.5, 0.6) is 5.75 Å². The Morgan fingerprint density at radius 1 is 1.14 bits per heavy atom. The molecule has 0 unspecified atom stereocenters. The van der Waals surface area contributed by atoms with Crippen molar-refractivity contribution >= 4 is 11.8 Å². The van der Waals surface area contributed by atoms with E-state index in [1.165, 1.54) is 31.4 Å². The molecular formula is C24H30O12. The minimum Gasteiger partial charge on any atom is -0.508 e. The largest absolute Gasteiger partial charge is 0.508 e. The van der Waals surface area contributed by atoms with E-state index in [-0.39, 0.29) is 36.5 Å². The molecule has 10 atom stereocenters. The summed E-state index contributed by atoms with van der Waals surface area (Å²) >= 11 is 0. The predicted octanol–water partition coefficient (Wildman–Crippen LogP) is -1.16. The van der Waals surface area contributed by atoms with E-state index in [1.54, 1.807) is 6.92 Å². The summed E-state index contributed by atoms with van der Waals surface area (Å²) < 4.78 is 29.4. The van der Waals surface area contributed by atoms with Gasteiger partial charge in [0.05, 0.1) is 17.6 Å². The number of aromatic hydroxyl groups is 1. The van der Waals surface area contributed by atoms with Gasteiger partial charge in [0.2, 0.25) is 0 Å². The van der Waals surface area contributed by atoms with Crippen molar-refractivity contribution in [3.63, 3.8) is 0 Å². The maximum Gasteiger partial charge on any atom is 0.338 e. The van der Waals surface area contributed by atoms with E-state index in [1.807, 2.05) is 0 Å². The Labute approximate surface area is 206 Å². The predicted molar refractivity (Wildman–Crippen MR) is 116 cm³/mol. The molecule has 3 saturated carbocycles. The normalized spacial score (nSPS) is 45.3. The second-order valence-corrected chi connectivity index (χ2v) is 10.1. The average Bonchev–Trinajstić information content (AvgIpc) is 2.93. The Morgan fingerprint density at radius 2 is 1.83 bits per heavy atom. The number of Topliss-reactive ketones (excluding diaryl/α,β-unsaturated/α-hetero) is 1. The van der Waals surface area contributed by atoms with Gasteiger partial charge in [0.25, 0.3) is 0 Å². The van der Waals surface area contributed by atoms with Gasteiger partial charge in [0.15, 0.2) is 12.6 Å². The van der Waals surface area contributed by atoms with Crippen LogP contribution in [-0.4, -0.2) is 106 Å². The van der Waals surface area contributed by atoms with E-state index in [0.717, 1.165) is 0 Å². The van der Waals surface area contributed by atoms with E-state index in [9.17, 15) is 35.1 Å². The van der Waals surface area contributed by atoms with Crippen LogP contribution >= 0.6 is 0 Å². The molecule has 5 fully saturated rings.